The lowest BCUT2D eigenvalue weighted by atomic mass is 9.59. The number of rotatable bonds is 4. The molecule has 2 atom stereocenters. The maximum atomic E-state index is 13.1. The number of nitrogens with one attached hydrogen (secondary N) is 1. The van der Waals surface area contributed by atoms with Gasteiger partial charge < -0.3 is 5.32 Å². The summed E-state index contributed by atoms with van der Waals surface area (Å²) < 4.78 is 0. The van der Waals surface area contributed by atoms with Crippen molar-refractivity contribution in [3.63, 3.8) is 0 Å². The van der Waals surface area contributed by atoms with Crippen LogP contribution in [-0.4, -0.2) is 10.9 Å². The molecule has 0 bridgehead atoms. The van der Waals surface area contributed by atoms with Crippen LogP contribution in [0.2, 0.25) is 0 Å². The zero-order valence-corrected chi connectivity index (χ0v) is 18.9. The summed E-state index contributed by atoms with van der Waals surface area (Å²) in [6.45, 7) is 1.92. The van der Waals surface area contributed by atoms with E-state index in [-0.39, 0.29) is 11.3 Å². The Kier molecular flexibility index (Phi) is 5.82. The molecule has 0 saturated heterocycles. The maximum Gasteiger partial charge on any atom is 0.255 e. The van der Waals surface area contributed by atoms with E-state index in [9.17, 15) is 4.79 Å². The molecule has 32 heavy (non-hydrogen) atoms. The van der Waals surface area contributed by atoms with E-state index < -0.39 is 0 Å². The minimum absolute atomic E-state index is 0.0505. The van der Waals surface area contributed by atoms with Gasteiger partial charge in [-0.3, -0.25) is 9.78 Å². The number of fused-ring (bicyclic) bond motifs is 3. The van der Waals surface area contributed by atoms with E-state index >= 15 is 0 Å². The Morgan fingerprint density at radius 2 is 1.88 bits per heavy atom. The topological polar surface area (TPSA) is 42.0 Å². The van der Waals surface area contributed by atoms with Crippen LogP contribution < -0.4 is 5.32 Å². The van der Waals surface area contributed by atoms with Gasteiger partial charge in [-0.1, -0.05) is 49.2 Å². The van der Waals surface area contributed by atoms with E-state index in [0.29, 0.717) is 0 Å². The SMILES string of the molecule is Cc1ncccc1NC(=O)c1ccc2c(c1)CCCC1CCCCC21Cc1ccccc1. The van der Waals surface area contributed by atoms with Gasteiger partial charge in [-0.15, -0.1) is 0 Å². The third-order valence-corrected chi connectivity index (χ3v) is 7.73. The molecule has 1 amide bonds. The molecule has 5 rings (SSSR count). The fourth-order valence-corrected chi connectivity index (χ4v) is 6.15. The Morgan fingerprint density at radius 1 is 1.03 bits per heavy atom. The first-order chi connectivity index (χ1) is 15.7. The molecule has 2 unspecified atom stereocenters. The molecule has 3 aromatic rings. The maximum absolute atomic E-state index is 13.1. The number of aromatic nitrogens is 1. The highest BCUT2D eigenvalue weighted by atomic mass is 16.1. The van der Waals surface area contributed by atoms with Crippen LogP contribution in [0.3, 0.4) is 0 Å². The van der Waals surface area contributed by atoms with E-state index in [1.807, 2.05) is 25.1 Å². The van der Waals surface area contributed by atoms with E-state index in [1.54, 1.807) is 6.20 Å². The van der Waals surface area contributed by atoms with Crippen molar-refractivity contribution >= 4 is 11.6 Å². The molecule has 1 fully saturated rings. The second kappa shape index (κ2) is 8.90. The zero-order valence-electron chi connectivity index (χ0n) is 18.9. The van der Waals surface area contributed by atoms with Crippen molar-refractivity contribution in [1.29, 1.82) is 0 Å². The highest BCUT2D eigenvalue weighted by Crippen LogP contribution is 2.51. The molecule has 2 aromatic carbocycles. The number of aryl methyl sites for hydroxylation is 2. The van der Waals surface area contributed by atoms with Gasteiger partial charge in [0.25, 0.3) is 5.91 Å². The summed E-state index contributed by atoms with van der Waals surface area (Å²) >= 11 is 0. The third-order valence-electron chi connectivity index (χ3n) is 7.73. The predicted octanol–water partition coefficient (Wildman–Crippen LogP) is 6.65. The Morgan fingerprint density at radius 3 is 2.72 bits per heavy atom. The number of hydrogen-bond donors (Lipinski definition) is 1. The van der Waals surface area contributed by atoms with Gasteiger partial charge in [0.1, 0.15) is 0 Å². The van der Waals surface area contributed by atoms with E-state index in [0.717, 1.165) is 35.7 Å². The third kappa shape index (κ3) is 3.97. The van der Waals surface area contributed by atoms with Gasteiger partial charge >= 0.3 is 0 Å². The number of benzene rings is 2. The van der Waals surface area contributed by atoms with Crippen molar-refractivity contribution in [2.45, 2.75) is 63.7 Å². The van der Waals surface area contributed by atoms with Gasteiger partial charge in [0.05, 0.1) is 11.4 Å². The summed E-state index contributed by atoms with van der Waals surface area (Å²) in [5, 5.41) is 3.05. The summed E-state index contributed by atoms with van der Waals surface area (Å²) in [6, 6.07) is 21.3. The van der Waals surface area contributed by atoms with Crippen LogP contribution in [0.5, 0.6) is 0 Å². The Hall–Kier alpha value is -2.94. The van der Waals surface area contributed by atoms with Crippen molar-refractivity contribution in [2.24, 2.45) is 5.92 Å². The Balaban J connectivity index is 1.51. The molecular weight excluding hydrogens is 392 g/mol. The number of carbonyl (C=O) groups is 1. The molecule has 2 aliphatic rings. The largest absolute Gasteiger partial charge is 0.320 e. The van der Waals surface area contributed by atoms with Crippen LogP contribution in [0.4, 0.5) is 5.69 Å². The monoisotopic (exact) mass is 424 g/mol. The fourth-order valence-electron chi connectivity index (χ4n) is 6.15. The molecule has 1 heterocycles. The highest BCUT2D eigenvalue weighted by Gasteiger charge is 2.44. The molecule has 0 aliphatic heterocycles. The van der Waals surface area contributed by atoms with Gasteiger partial charge in [-0.2, -0.15) is 0 Å². The van der Waals surface area contributed by atoms with Crippen molar-refractivity contribution in [3.8, 4) is 0 Å². The number of amides is 1. The number of carbonyl (C=O) groups excluding carboxylic acids is 1. The molecule has 0 radical (unpaired) electrons. The lowest BCUT2D eigenvalue weighted by Gasteiger charge is -2.45. The van der Waals surface area contributed by atoms with Crippen LogP contribution in [0.1, 0.15) is 71.3 Å². The van der Waals surface area contributed by atoms with Crippen LogP contribution in [0.15, 0.2) is 66.9 Å². The van der Waals surface area contributed by atoms with Crippen molar-refractivity contribution in [3.05, 3.63) is 94.8 Å². The molecule has 1 aromatic heterocycles. The summed E-state index contributed by atoms with van der Waals surface area (Å²) in [7, 11) is 0. The van der Waals surface area contributed by atoms with E-state index in [2.05, 4.69) is 52.8 Å². The first-order valence-electron chi connectivity index (χ1n) is 12.1. The fraction of sp³-hybridized carbons (Fsp3) is 0.379. The van der Waals surface area contributed by atoms with Crippen molar-refractivity contribution in [2.75, 3.05) is 5.32 Å². The number of pyridine rings is 1. The molecular formula is C29H32N2O. The average Bonchev–Trinajstić information content (AvgIpc) is 2.97. The first-order valence-corrected chi connectivity index (χ1v) is 12.1. The van der Waals surface area contributed by atoms with Gasteiger partial charge in [-0.05, 0) is 92.3 Å². The lowest BCUT2D eigenvalue weighted by Crippen LogP contribution is -2.40. The lowest BCUT2D eigenvalue weighted by molar-refractivity contribution is 0.102. The predicted molar refractivity (Wildman–Crippen MR) is 130 cm³/mol. The summed E-state index contributed by atoms with van der Waals surface area (Å²) in [4.78, 5) is 17.3. The number of hydrogen-bond acceptors (Lipinski definition) is 2. The summed E-state index contributed by atoms with van der Waals surface area (Å²) in [6.07, 6.45) is 11.6. The minimum atomic E-state index is -0.0505. The van der Waals surface area contributed by atoms with Crippen molar-refractivity contribution in [1.82, 2.24) is 4.98 Å². The molecule has 2 aliphatic carbocycles. The standard InChI is InChI=1S/C29H32N2O/c1-21-27(14-8-18-30-21)31-28(32)24-15-16-26-23(19-24)11-7-13-25-12-5-6-17-29(25,26)20-22-9-3-2-4-10-22/h2-4,8-10,14-16,18-19,25H,5-7,11-13,17,20H2,1H3,(H,31,32). The molecule has 164 valence electrons. The first kappa shape index (κ1) is 20.9. The molecule has 0 spiro atoms. The van der Waals surface area contributed by atoms with Crippen LogP contribution in [-0.2, 0) is 18.3 Å². The highest BCUT2D eigenvalue weighted by molar-refractivity contribution is 6.04. The van der Waals surface area contributed by atoms with Crippen LogP contribution >= 0.6 is 0 Å². The second-order valence-electron chi connectivity index (χ2n) is 9.62. The van der Waals surface area contributed by atoms with E-state index in [4.69, 9.17) is 0 Å². The Bertz CT molecular complexity index is 1110. The van der Waals surface area contributed by atoms with E-state index in [1.165, 1.54) is 55.2 Å². The zero-order chi connectivity index (χ0) is 22.0. The molecule has 1 saturated carbocycles. The summed E-state index contributed by atoms with van der Waals surface area (Å²) in [5.74, 6) is 0.681. The number of anilines is 1. The second-order valence-corrected chi connectivity index (χ2v) is 9.62. The average molecular weight is 425 g/mol. The van der Waals surface area contributed by atoms with Gasteiger partial charge in [-0.25, -0.2) is 0 Å². The number of nitrogens with zero attached hydrogens (tertiary/aromatic N) is 1. The van der Waals surface area contributed by atoms with Gasteiger partial charge in [0.15, 0.2) is 0 Å². The summed E-state index contributed by atoms with van der Waals surface area (Å²) in [5.41, 5.74) is 6.86. The van der Waals surface area contributed by atoms with Crippen molar-refractivity contribution < 1.29 is 4.79 Å². The Labute approximate surface area is 191 Å². The van der Waals surface area contributed by atoms with Gasteiger partial charge in [0, 0.05) is 17.2 Å². The van der Waals surface area contributed by atoms with Crippen LogP contribution in [0.25, 0.3) is 0 Å². The minimum Gasteiger partial charge on any atom is -0.320 e. The van der Waals surface area contributed by atoms with Crippen LogP contribution in [0, 0.1) is 12.8 Å². The van der Waals surface area contributed by atoms with Gasteiger partial charge in [0.2, 0.25) is 0 Å². The molecule has 3 heteroatoms. The smallest absolute Gasteiger partial charge is 0.255 e. The quantitative estimate of drug-likeness (QED) is 0.509. The molecule has 1 N–H and O–H groups in total. The molecule has 3 nitrogen and oxygen atoms in total. The normalized spacial score (nSPS) is 22.3.